The molecule has 1 heterocycles. The van der Waals surface area contributed by atoms with Crippen molar-refractivity contribution in [3.63, 3.8) is 0 Å². The summed E-state index contributed by atoms with van der Waals surface area (Å²) in [5.74, 6) is -1.75. The molecule has 0 radical (unpaired) electrons. The lowest BCUT2D eigenvalue weighted by atomic mass is 9.98. The molecule has 0 saturated carbocycles. The normalized spacial score (nSPS) is 19.4. The van der Waals surface area contributed by atoms with Crippen LogP contribution in [0.5, 0.6) is 0 Å². The molecule has 1 aliphatic heterocycles. The summed E-state index contributed by atoms with van der Waals surface area (Å²) < 4.78 is 0. The molecule has 1 fully saturated rings. The number of carboxylic acid groups (broad SMARTS) is 1. The predicted molar refractivity (Wildman–Crippen MR) is 130 cm³/mol. The van der Waals surface area contributed by atoms with Gasteiger partial charge < -0.3 is 32.1 Å². The number of rotatable bonds is 15. The Kier molecular flexibility index (Phi) is 13.4. The third-order valence-electron chi connectivity index (χ3n) is 6.19. The van der Waals surface area contributed by atoms with Gasteiger partial charge >= 0.3 is 5.97 Å². The lowest BCUT2D eigenvalue weighted by molar-refractivity contribution is -0.143. The molecular formula is C22H41N5O5S. The highest BCUT2D eigenvalue weighted by Crippen LogP contribution is 2.21. The molecule has 0 aliphatic carbocycles. The molecule has 1 rings (SSSR count). The van der Waals surface area contributed by atoms with Crippen LogP contribution in [0.1, 0.15) is 58.8 Å². The van der Waals surface area contributed by atoms with Crippen molar-refractivity contribution >= 4 is 35.5 Å². The maximum Gasteiger partial charge on any atom is 0.326 e. The Bertz CT molecular complexity index is 665. The van der Waals surface area contributed by atoms with Gasteiger partial charge in [-0.05, 0) is 63.0 Å². The highest BCUT2D eigenvalue weighted by atomic mass is 32.2. The molecular weight excluding hydrogens is 446 g/mol. The highest BCUT2D eigenvalue weighted by Gasteiger charge is 2.38. The number of nitrogens with one attached hydrogen (secondary N) is 2. The van der Waals surface area contributed by atoms with Crippen LogP contribution in [0.3, 0.4) is 0 Å². The molecule has 0 aromatic carbocycles. The fraction of sp³-hybridized carbons (Fsp3) is 0.818. The summed E-state index contributed by atoms with van der Waals surface area (Å²) in [5, 5.41) is 14.7. The molecule has 0 aromatic rings. The van der Waals surface area contributed by atoms with Gasteiger partial charge in [0.15, 0.2) is 0 Å². The van der Waals surface area contributed by atoms with Gasteiger partial charge in [0.1, 0.15) is 18.1 Å². The summed E-state index contributed by atoms with van der Waals surface area (Å²) in [4.78, 5) is 51.9. The number of nitrogens with two attached hydrogens (primary N) is 2. The highest BCUT2D eigenvalue weighted by molar-refractivity contribution is 7.98. The van der Waals surface area contributed by atoms with Gasteiger partial charge in [0, 0.05) is 6.54 Å². The second-order valence-corrected chi connectivity index (χ2v) is 9.61. The first-order valence-electron chi connectivity index (χ1n) is 11.8. The molecule has 5 atom stereocenters. The van der Waals surface area contributed by atoms with Crippen molar-refractivity contribution in [3.8, 4) is 0 Å². The van der Waals surface area contributed by atoms with Crippen LogP contribution in [0.4, 0.5) is 0 Å². The summed E-state index contributed by atoms with van der Waals surface area (Å²) in [6, 6.07) is -3.30. The Balaban J connectivity index is 2.90. The van der Waals surface area contributed by atoms with Gasteiger partial charge in [-0.1, -0.05) is 20.3 Å². The molecule has 7 N–H and O–H groups in total. The Morgan fingerprint density at radius 2 is 1.85 bits per heavy atom. The molecule has 1 aliphatic rings. The van der Waals surface area contributed by atoms with Gasteiger partial charge in [-0.15, -0.1) is 0 Å². The first-order chi connectivity index (χ1) is 15.7. The van der Waals surface area contributed by atoms with Crippen LogP contribution in [0.15, 0.2) is 0 Å². The predicted octanol–water partition coefficient (Wildman–Crippen LogP) is 0.287. The van der Waals surface area contributed by atoms with Crippen molar-refractivity contribution in [1.82, 2.24) is 15.5 Å². The summed E-state index contributed by atoms with van der Waals surface area (Å²) in [6.45, 7) is 4.76. The van der Waals surface area contributed by atoms with E-state index in [1.165, 1.54) is 16.7 Å². The fourth-order valence-corrected chi connectivity index (χ4v) is 4.26. The lowest BCUT2D eigenvalue weighted by Crippen LogP contribution is -2.57. The summed E-state index contributed by atoms with van der Waals surface area (Å²) in [6.07, 6.45) is 5.67. The number of carbonyl (C=O) groups excluding carboxylic acids is 3. The minimum absolute atomic E-state index is 0.00848. The van der Waals surface area contributed by atoms with Gasteiger partial charge in [0.2, 0.25) is 17.7 Å². The van der Waals surface area contributed by atoms with E-state index in [4.69, 9.17) is 11.5 Å². The van der Waals surface area contributed by atoms with Crippen molar-refractivity contribution < 1.29 is 24.3 Å². The Morgan fingerprint density at radius 1 is 1.15 bits per heavy atom. The number of likely N-dealkylation sites (tertiary alicyclic amines) is 1. The van der Waals surface area contributed by atoms with E-state index in [0.717, 1.165) is 6.42 Å². The number of carbonyl (C=O) groups is 4. The Hall–Kier alpha value is -1.85. The number of carboxylic acids is 1. The monoisotopic (exact) mass is 487 g/mol. The summed E-state index contributed by atoms with van der Waals surface area (Å²) >= 11 is 1.49. The van der Waals surface area contributed by atoms with Crippen molar-refractivity contribution in [2.24, 2.45) is 17.4 Å². The summed E-state index contributed by atoms with van der Waals surface area (Å²) in [5.41, 5.74) is 11.7. The second kappa shape index (κ2) is 15.1. The van der Waals surface area contributed by atoms with E-state index in [0.29, 0.717) is 50.9 Å². The van der Waals surface area contributed by atoms with E-state index in [1.54, 1.807) is 0 Å². The number of amides is 3. The van der Waals surface area contributed by atoms with E-state index in [-0.39, 0.29) is 18.2 Å². The molecule has 33 heavy (non-hydrogen) atoms. The van der Waals surface area contributed by atoms with Crippen LogP contribution in [0.25, 0.3) is 0 Å². The largest absolute Gasteiger partial charge is 0.480 e. The van der Waals surface area contributed by atoms with E-state index < -0.39 is 42.0 Å². The van der Waals surface area contributed by atoms with Crippen LogP contribution in [-0.2, 0) is 19.2 Å². The third kappa shape index (κ3) is 9.13. The van der Waals surface area contributed by atoms with E-state index in [9.17, 15) is 24.3 Å². The smallest absolute Gasteiger partial charge is 0.326 e. The van der Waals surface area contributed by atoms with Crippen molar-refractivity contribution in [3.05, 3.63) is 0 Å². The first-order valence-corrected chi connectivity index (χ1v) is 13.2. The molecule has 1 saturated heterocycles. The molecule has 11 heteroatoms. The molecule has 190 valence electrons. The quantitative estimate of drug-likeness (QED) is 0.205. The zero-order chi connectivity index (χ0) is 25.0. The Morgan fingerprint density at radius 3 is 2.42 bits per heavy atom. The molecule has 3 amide bonds. The number of unbranched alkanes of at least 4 members (excludes halogenated alkanes) is 1. The maximum atomic E-state index is 13.1. The number of aliphatic carboxylic acids is 1. The number of thioether (sulfide) groups is 1. The third-order valence-corrected chi connectivity index (χ3v) is 6.83. The van der Waals surface area contributed by atoms with Gasteiger partial charge in [0.05, 0.1) is 6.04 Å². The molecule has 0 aromatic heterocycles. The molecule has 0 spiro atoms. The van der Waals surface area contributed by atoms with Crippen molar-refractivity contribution in [1.29, 1.82) is 0 Å². The van der Waals surface area contributed by atoms with Gasteiger partial charge in [0.25, 0.3) is 0 Å². The molecule has 10 nitrogen and oxygen atoms in total. The number of nitrogens with zero attached hydrogens (tertiary/aromatic N) is 1. The average molecular weight is 488 g/mol. The van der Waals surface area contributed by atoms with E-state index >= 15 is 0 Å². The molecule has 0 bridgehead atoms. The SMILES string of the molecule is CCC(C)C(N)C(=O)N1CCCC1C(=O)NC(CCCCN)C(=O)NC(CCSC)C(=O)O. The molecule has 5 unspecified atom stereocenters. The van der Waals surface area contributed by atoms with E-state index in [2.05, 4.69) is 10.6 Å². The maximum absolute atomic E-state index is 13.1. The van der Waals surface area contributed by atoms with Gasteiger partial charge in [-0.25, -0.2) is 4.79 Å². The van der Waals surface area contributed by atoms with Crippen LogP contribution in [0.2, 0.25) is 0 Å². The van der Waals surface area contributed by atoms with Crippen LogP contribution >= 0.6 is 11.8 Å². The van der Waals surface area contributed by atoms with Gasteiger partial charge in [-0.2, -0.15) is 11.8 Å². The van der Waals surface area contributed by atoms with Crippen LogP contribution in [-0.4, -0.2) is 83.0 Å². The van der Waals surface area contributed by atoms with Crippen LogP contribution < -0.4 is 22.1 Å². The minimum atomic E-state index is -1.11. The lowest BCUT2D eigenvalue weighted by Gasteiger charge is -2.30. The second-order valence-electron chi connectivity index (χ2n) is 8.63. The summed E-state index contributed by atoms with van der Waals surface area (Å²) in [7, 11) is 0. The van der Waals surface area contributed by atoms with Crippen LogP contribution in [0, 0.1) is 5.92 Å². The number of hydrogen-bond acceptors (Lipinski definition) is 7. The zero-order valence-electron chi connectivity index (χ0n) is 20.0. The van der Waals surface area contributed by atoms with Gasteiger partial charge in [-0.3, -0.25) is 14.4 Å². The standard InChI is InChI=1S/C22H41N5O5S/c1-4-14(2)18(24)21(30)27-12-7-9-17(27)20(29)25-15(8-5-6-11-23)19(28)26-16(22(31)32)10-13-33-3/h14-18H,4-13,23-24H2,1-3H3,(H,25,29)(H,26,28)(H,31,32). The van der Waals surface area contributed by atoms with Crippen molar-refractivity contribution in [2.45, 2.75) is 83.0 Å². The Labute approximate surface area is 200 Å². The average Bonchev–Trinajstić information content (AvgIpc) is 3.29. The zero-order valence-corrected chi connectivity index (χ0v) is 20.9. The minimum Gasteiger partial charge on any atom is -0.480 e. The fourth-order valence-electron chi connectivity index (χ4n) is 3.79. The topological polar surface area (TPSA) is 168 Å². The van der Waals surface area contributed by atoms with Crippen molar-refractivity contribution in [2.75, 3.05) is 25.1 Å². The number of hydrogen-bond donors (Lipinski definition) is 5. The first kappa shape index (κ1) is 29.2. The van der Waals surface area contributed by atoms with E-state index in [1.807, 2.05) is 20.1 Å².